The van der Waals surface area contributed by atoms with Crippen molar-refractivity contribution in [2.75, 3.05) is 13.1 Å². The van der Waals surface area contributed by atoms with E-state index in [1.165, 1.54) is 44.9 Å². The Morgan fingerprint density at radius 2 is 1.37 bits per heavy atom. The van der Waals surface area contributed by atoms with E-state index in [4.69, 9.17) is 15.9 Å². The quantitative estimate of drug-likeness (QED) is 0.256. The molecule has 27 heavy (non-hydrogen) atoms. The van der Waals surface area contributed by atoms with E-state index in [0.29, 0.717) is 19.4 Å². The minimum Gasteiger partial charge on any atom is -0.481 e. The summed E-state index contributed by atoms with van der Waals surface area (Å²) in [5, 5.41) is 20.2. The second-order valence-corrected chi connectivity index (χ2v) is 7.10. The van der Waals surface area contributed by atoms with Crippen molar-refractivity contribution in [2.45, 2.75) is 110 Å². The molecule has 1 atom stereocenters. The normalized spacial score (nSPS) is 11.5. The third kappa shape index (κ3) is 24.9. The summed E-state index contributed by atoms with van der Waals surface area (Å²) in [4.78, 5) is 20.9. The summed E-state index contributed by atoms with van der Waals surface area (Å²) in [7, 11) is 0. The summed E-state index contributed by atoms with van der Waals surface area (Å²) < 4.78 is 0. The number of nitrogens with one attached hydrogen (secondary N) is 1. The second kappa shape index (κ2) is 22.9. The van der Waals surface area contributed by atoms with Crippen LogP contribution in [0.4, 0.5) is 0 Å². The lowest BCUT2D eigenvalue weighted by molar-refractivity contribution is -0.140. The van der Waals surface area contributed by atoms with Gasteiger partial charge in [0.25, 0.3) is 0 Å². The van der Waals surface area contributed by atoms with E-state index >= 15 is 0 Å². The summed E-state index contributed by atoms with van der Waals surface area (Å²) in [6.45, 7) is 5.65. The van der Waals surface area contributed by atoms with Gasteiger partial charge in [0.1, 0.15) is 6.04 Å². The molecule has 0 rings (SSSR count). The molecule has 0 aromatic carbocycles. The van der Waals surface area contributed by atoms with Gasteiger partial charge in [-0.2, -0.15) is 0 Å². The van der Waals surface area contributed by atoms with Crippen molar-refractivity contribution in [3.63, 3.8) is 0 Å². The number of carbonyl (C=O) groups is 2. The van der Waals surface area contributed by atoms with Crippen LogP contribution in [0, 0.1) is 0 Å². The molecule has 0 aromatic heterocycles. The standard InChI is InChI=1S/C12H24O2.C9H20N2O2/c1-2-3-4-5-6-7-8-9-10-11-12(13)14;1-2-7-11-8(9(12)13)5-3-4-6-10/h2-11H2,1H3,(H,13,14);8,11H,2-7,10H2,1H3,(H,12,13)/t;8-/m.0/s1. The van der Waals surface area contributed by atoms with E-state index in [2.05, 4.69) is 12.2 Å². The lowest BCUT2D eigenvalue weighted by Crippen LogP contribution is -2.37. The zero-order chi connectivity index (χ0) is 20.8. The number of hydrogen-bond acceptors (Lipinski definition) is 4. The first kappa shape index (κ1) is 28.1. The fraction of sp³-hybridized carbons (Fsp3) is 0.905. The number of carboxylic acid groups (broad SMARTS) is 2. The van der Waals surface area contributed by atoms with Crippen LogP contribution in [-0.2, 0) is 9.59 Å². The smallest absolute Gasteiger partial charge is 0.320 e. The molecule has 0 radical (unpaired) electrons. The van der Waals surface area contributed by atoms with Crippen LogP contribution in [0.15, 0.2) is 0 Å². The lowest BCUT2D eigenvalue weighted by atomic mass is 10.1. The molecule has 0 bridgehead atoms. The highest BCUT2D eigenvalue weighted by atomic mass is 16.4. The van der Waals surface area contributed by atoms with E-state index in [9.17, 15) is 9.59 Å². The molecule has 0 aliphatic heterocycles. The Hall–Kier alpha value is -1.14. The average molecular weight is 389 g/mol. The minimum atomic E-state index is -0.759. The van der Waals surface area contributed by atoms with Gasteiger partial charge in [0.15, 0.2) is 0 Å². The Kier molecular flexibility index (Phi) is 23.8. The molecular weight excluding hydrogens is 344 g/mol. The predicted octanol–water partition coefficient (Wildman–Crippen LogP) is 4.56. The summed E-state index contributed by atoms with van der Waals surface area (Å²) in [6, 6.07) is -0.397. The topological polar surface area (TPSA) is 113 Å². The van der Waals surface area contributed by atoms with Crippen LogP contribution in [-0.4, -0.2) is 41.3 Å². The molecule has 6 heteroatoms. The molecule has 0 fully saturated rings. The Morgan fingerprint density at radius 1 is 0.815 bits per heavy atom. The van der Waals surface area contributed by atoms with Gasteiger partial charge >= 0.3 is 11.9 Å². The van der Waals surface area contributed by atoms with Gasteiger partial charge in [-0.1, -0.05) is 71.6 Å². The van der Waals surface area contributed by atoms with Gasteiger partial charge in [0.05, 0.1) is 0 Å². The molecule has 0 aliphatic rings. The maximum Gasteiger partial charge on any atom is 0.320 e. The van der Waals surface area contributed by atoms with Crippen LogP contribution in [0.3, 0.4) is 0 Å². The third-order valence-electron chi connectivity index (χ3n) is 4.38. The van der Waals surface area contributed by atoms with Gasteiger partial charge < -0.3 is 21.3 Å². The Bertz CT molecular complexity index is 338. The summed E-state index contributed by atoms with van der Waals surface area (Å²) in [5.74, 6) is -1.42. The molecule has 0 aromatic rings. The van der Waals surface area contributed by atoms with Crippen LogP contribution in [0.1, 0.15) is 104 Å². The Balaban J connectivity index is 0. The molecule has 0 unspecified atom stereocenters. The summed E-state index contributed by atoms with van der Waals surface area (Å²) >= 11 is 0. The van der Waals surface area contributed by atoms with Crippen LogP contribution < -0.4 is 11.1 Å². The van der Waals surface area contributed by atoms with Gasteiger partial charge in [-0.15, -0.1) is 0 Å². The molecule has 0 heterocycles. The van der Waals surface area contributed by atoms with Gasteiger partial charge in [-0.3, -0.25) is 9.59 Å². The van der Waals surface area contributed by atoms with Gasteiger partial charge in [0, 0.05) is 6.42 Å². The van der Waals surface area contributed by atoms with E-state index in [-0.39, 0.29) is 0 Å². The second-order valence-electron chi connectivity index (χ2n) is 7.10. The fourth-order valence-corrected chi connectivity index (χ4v) is 2.71. The van der Waals surface area contributed by atoms with Crippen LogP contribution in [0.25, 0.3) is 0 Å². The number of unbranched alkanes of at least 4 members (excludes halogenated alkanes) is 9. The van der Waals surface area contributed by atoms with Gasteiger partial charge in [-0.25, -0.2) is 0 Å². The highest BCUT2D eigenvalue weighted by molar-refractivity contribution is 5.73. The zero-order valence-electron chi connectivity index (χ0n) is 17.7. The number of nitrogens with two attached hydrogens (primary N) is 1. The molecule has 0 saturated carbocycles. The average Bonchev–Trinajstić information content (AvgIpc) is 2.63. The Labute approximate surface area is 166 Å². The van der Waals surface area contributed by atoms with E-state index in [1.54, 1.807) is 0 Å². The number of carboxylic acids is 2. The Morgan fingerprint density at radius 3 is 1.81 bits per heavy atom. The van der Waals surface area contributed by atoms with E-state index in [0.717, 1.165) is 38.6 Å². The first-order valence-electron chi connectivity index (χ1n) is 10.9. The molecule has 0 spiro atoms. The van der Waals surface area contributed by atoms with Crippen molar-refractivity contribution >= 4 is 11.9 Å². The first-order valence-corrected chi connectivity index (χ1v) is 10.9. The molecule has 0 saturated heterocycles. The van der Waals surface area contributed by atoms with Crippen LogP contribution in [0.5, 0.6) is 0 Å². The molecule has 0 aliphatic carbocycles. The van der Waals surface area contributed by atoms with Gasteiger partial charge in [-0.05, 0) is 38.8 Å². The zero-order valence-corrected chi connectivity index (χ0v) is 17.7. The van der Waals surface area contributed by atoms with Crippen LogP contribution in [0.2, 0.25) is 0 Å². The number of aliphatic carboxylic acids is 2. The number of hydrogen-bond donors (Lipinski definition) is 4. The van der Waals surface area contributed by atoms with Crippen molar-refractivity contribution in [1.29, 1.82) is 0 Å². The highest BCUT2D eigenvalue weighted by Gasteiger charge is 2.14. The largest absolute Gasteiger partial charge is 0.481 e. The summed E-state index contributed by atoms with van der Waals surface area (Å²) in [5.41, 5.74) is 5.32. The SMILES string of the molecule is CCCCCCCCCCCC(=O)O.CCCN[C@@H](CCCCN)C(=O)O. The van der Waals surface area contributed by atoms with E-state index < -0.39 is 18.0 Å². The molecule has 162 valence electrons. The monoisotopic (exact) mass is 388 g/mol. The minimum absolute atomic E-state index is 0.343. The first-order chi connectivity index (χ1) is 13.0. The van der Waals surface area contributed by atoms with Crippen molar-refractivity contribution in [3.05, 3.63) is 0 Å². The highest BCUT2D eigenvalue weighted by Crippen LogP contribution is 2.10. The molecular formula is C21H44N2O4. The van der Waals surface area contributed by atoms with E-state index in [1.807, 2.05) is 6.92 Å². The molecule has 0 amide bonds. The van der Waals surface area contributed by atoms with Crippen molar-refractivity contribution in [3.8, 4) is 0 Å². The lowest BCUT2D eigenvalue weighted by Gasteiger charge is -2.12. The predicted molar refractivity (Wildman–Crippen MR) is 112 cm³/mol. The van der Waals surface area contributed by atoms with Crippen molar-refractivity contribution < 1.29 is 19.8 Å². The molecule has 5 N–H and O–H groups in total. The van der Waals surface area contributed by atoms with Crippen LogP contribution >= 0.6 is 0 Å². The number of rotatable bonds is 18. The third-order valence-corrected chi connectivity index (χ3v) is 4.38. The van der Waals surface area contributed by atoms with Crippen molar-refractivity contribution in [1.82, 2.24) is 5.32 Å². The maximum atomic E-state index is 10.7. The maximum absolute atomic E-state index is 10.7. The van der Waals surface area contributed by atoms with Crippen molar-refractivity contribution in [2.24, 2.45) is 5.73 Å². The molecule has 6 nitrogen and oxygen atoms in total. The van der Waals surface area contributed by atoms with Gasteiger partial charge in [0.2, 0.25) is 0 Å². The summed E-state index contributed by atoms with van der Waals surface area (Å²) in [6.07, 6.45) is 14.9. The fourth-order valence-electron chi connectivity index (χ4n) is 2.71.